The van der Waals surface area contributed by atoms with Crippen LogP contribution in [0.1, 0.15) is 52.9 Å². The van der Waals surface area contributed by atoms with Crippen molar-refractivity contribution in [1.82, 2.24) is 0 Å². The van der Waals surface area contributed by atoms with Gasteiger partial charge in [-0.25, -0.2) is 0 Å². The maximum atomic E-state index is 12.1. The summed E-state index contributed by atoms with van der Waals surface area (Å²) >= 11 is 0. The van der Waals surface area contributed by atoms with E-state index in [1.807, 2.05) is 0 Å². The summed E-state index contributed by atoms with van der Waals surface area (Å²) in [5.74, 6) is -0.461. The fourth-order valence-electron chi connectivity index (χ4n) is 2.62. The normalized spacial score (nSPS) is 26.9. The first-order valence-corrected chi connectivity index (χ1v) is 6.19. The van der Waals surface area contributed by atoms with Crippen molar-refractivity contribution in [3.05, 3.63) is 0 Å². The average Bonchev–Trinajstić information content (AvgIpc) is 2.14. The van der Waals surface area contributed by atoms with Crippen LogP contribution in [0.3, 0.4) is 0 Å². The van der Waals surface area contributed by atoms with Crippen molar-refractivity contribution in [2.24, 2.45) is 17.3 Å². The number of hydrogen-bond acceptors (Lipinski definition) is 1. The van der Waals surface area contributed by atoms with Gasteiger partial charge in [0.2, 0.25) is 0 Å². The van der Waals surface area contributed by atoms with E-state index in [9.17, 15) is 18.0 Å². The molecule has 17 heavy (non-hydrogen) atoms. The van der Waals surface area contributed by atoms with Gasteiger partial charge in [-0.2, -0.15) is 13.2 Å². The second-order valence-corrected chi connectivity index (χ2v) is 6.17. The molecule has 1 aliphatic rings. The van der Waals surface area contributed by atoms with Crippen molar-refractivity contribution in [2.45, 2.75) is 59.1 Å². The number of halogens is 3. The van der Waals surface area contributed by atoms with E-state index in [4.69, 9.17) is 0 Å². The van der Waals surface area contributed by atoms with Gasteiger partial charge in [0, 0.05) is 5.92 Å². The summed E-state index contributed by atoms with van der Waals surface area (Å²) in [5, 5.41) is 0. The second kappa shape index (κ2) is 4.99. The fourth-order valence-corrected chi connectivity index (χ4v) is 2.62. The maximum absolute atomic E-state index is 12.1. The zero-order chi connectivity index (χ0) is 13.3. The number of rotatable bonds is 2. The molecular weight excluding hydrogens is 229 g/mol. The minimum atomic E-state index is -4.35. The van der Waals surface area contributed by atoms with Crippen molar-refractivity contribution in [3.8, 4) is 0 Å². The lowest BCUT2D eigenvalue weighted by molar-refractivity contribution is -0.156. The third kappa shape index (κ3) is 4.68. The molecule has 0 bridgehead atoms. The van der Waals surface area contributed by atoms with Gasteiger partial charge in [0.05, 0.1) is 0 Å². The van der Waals surface area contributed by atoms with Crippen LogP contribution in [0.25, 0.3) is 0 Å². The van der Waals surface area contributed by atoms with Crippen LogP contribution >= 0.6 is 0 Å². The highest BCUT2D eigenvalue weighted by molar-refractivity contribution is 5.81. The molecule has 0 aromatic rings. The Morgan fingerprint density at radius 3 is 1.88 bits per heavy atom. The molecule has 4 heteroatoms. The summed E-state index contributed by atoms with van der Waals surface area (Å²) in [6, 6.07) is 0. The first-order chi connectivity index (χ1) is 7.59. The molecular formula is C13H21F3O. The van der Waals surface area contributed by atoms with E-state index in [1.54, 1.807) is 0 Å². The summed E-state index contributed by atoms with van der Waals surface area (Å²) < 4.78 is 36.3. The monoisotopic (exact) mass is 250 g/mol. The van der Waals surface area contributed by atoms with Gasteiger partial charge < -0.3 is 0 Å². The molecule has 1 aliphatic carbocycles. The number of Topliss-reactive ketones (excluding diaryl/α,β-unsaturated/α-hetero) is 1. The van der Waals surface area contributed by atoms with Crippen molar-refractivity contribution in [1.29, 1.82) is 0 Å². The fraction of sp³-hybridized carbons (Fsp3) is 0.923. The lowest BCUT2D eigenvalue weighted by atomic mass is 9.69. The number of alkyl halides is 3. The van der Waals surface area contributed by atoms with Crippen molar-refractivity contribution in [3.63, 3.8) is 0 Å². The molecule has 0 aromatic carbocycles. The van der Waals surface area contributed by atoms with Crippen LogP contribution in [0, 0.1) is 17.3 Å². The van der Waals surface area contributed by atoms with Crippen molar-refractivity contribution in [2.75, 3.05) is 0 Å². The molecule has 0 spiro atoms. The van der Waals surface area contributed by atoms with Gasteiger partial charge in [0.15, 0.2) is 0 Å². The predicted octanol–water partition coefficient (Wildman–Crippen LogP) is 4.36. The molecule has 0 aliphatic heterocycles. The molecule has 0 amide bonds. The van der Waals surface area contributed by atoms with Crippen LogP contribution in [0.2, 0.25) is 0 Å². The summed E-state index contributed by atoms with van der Waals surface area (Å²) in [4.78, 5) is 11.5. The molecule has 0 atom stereocenters. The third-order valence-corrected chi connectivity index (χ3v) is 3.78. The van der Waals surface area contributed by atoms with E-state index in [-0.39, 0.29) is 11.3 Å². The largest absolute Gasteiger partial charge is 0.395 e. The maximum Gasteiger partial charge on any atom is 0.395 e. The number of carbonyl (C=O) groups excluding carboxylic acids is 1. The molecule has 1 saturated carbocycles. The summed E-state index contributed by atoms with van der Waals surface area (Å²) in [6.07, 6.45) is -2.61. The summed E-state index contributed by atoms with van der Waals surface area (Å²) in [5.41, 5.74) is 0.193. The molecule has 0 unspecified atom stereocenters. The van der Waals surface area contributed by atoms with Gasteiger partial charge in [-0.15, -0.1) is 0 Å². The Morgan fingerprint density at radius 1 is 1.06 bits per heavy atom. The van der Waals surface area contributed by atoms with Crippen LogP contribution in [0.4, 0.5) is 13.2 Å². The Morgan fingerprint density at radius 2 is 1.53 bits per heavy atom. The highest BCUT2D eigenvalue weighted by Crippen LogP contribution is 2.40. The molecule has 1 fully saturated rings. The van der Waals surface area contributed by atoms with E-state index in [2.05, 4.69) is 20.8 Å². The number of carbonyl (C=O) groups is 1. The SMILES string of the molecule is CC(C)(C)C1CCC(C(=O)CC(F)(F)F)CC1. The van der Waals surface area contributed by atoms with E-state index >= 15 is 0 Å². The molecule has 0 aromatic heterocycles. The van der Waals surface area contributed by atoms with Gasteiger partial charge in [-0.1, -0.05) is 20.8 Å². The molecule has 100 valence electrons. The Hall–Kier alpha value is -0.540. The molecule has 0 saturated heterocycles. The van der Waals surface area contributed by atoms with E-state index in [1.165, 1.54) is 0 Å². The van der Waals surface area contributed by atoms with Crippen LogP contribution in [0.15, 0.2) is 0 Å². The average molecular weight is 250 g/mol. The van der Waals surface area contributed by atoms with Crippen LogP contribution in [-0.4, -0.2) is 12.0 Å². The lowest BCUT2D eigenvalue weighted by Gasteiger charge is -2.36. The Kier molecular flexibility index (Phi) is 4.26. The van der Waals surface area contributed by atoms with Gasteiger partial charge in [-0.05, 0) is 37.0 Å². The highest BCUT2D eigenvalue weighted by atomic mass is 19.4. The third-order valence-electron chi connectivity index (χ3n) is 3.78. The van der Waals surface area contributed by atoms with Crippen LogP contribution in [-0.2, 0) is 4.79 Å². The molecule has 1 nitrogen and oxygen atoms in total. The topological polar surface area (TPSA) is 17.1 Å². The zero-order valence-corrected chi connectivity index (χ0v) is 10.7. The minimum Gasteiger partial charge on any atom is -0.299 e. The van der Waals surface area contributed by atoms with Gasteiger partial charge >= 0.3 is 6.18 Å². The van der Waals surface area contributed by atoms with Crippen molar-refractivity contribution >= 4 is 5.78 Å². The minimum absolute atomic E-state index is 0.193. The lowest BCUT2D eigenvalue weighted by Crippen LogP contribution is -2.30. The van der Waals surface area contributed by atoms with Gasteiger partial charge in [0.1, 0.15) is 12.2 Å². The Bertz CT molecular complexity index is 267. The van der Waals surface area contributed by atoms with Gasteiger partial charge in [0.25, 0.3) is 0 Å². The first-order valence-electron chi connectivity index (χ1n) is 6.19. The Balaban J connectivity index is 2.45. The van der Waals surface area contributed by atoms with E-state index in [0.717, 1.165) is 12.8 Å². The van der Waals surface area contributed by atoms with Crippen molar-refractivity contribution < 1.29 is 18.0 Å². The van der Waals surface area contributed by atoms with Crippen LogP contribution in [0.5, 0.6) is 0 Å². The summed E-state index contributed by atoms with van der Waals surface area (Å²) in [7, 11) is 0. The number of hydrogen-bond donors (Lipinski definition) is 0. The Labute approximate surface area is 101 Å². The van der Waals surface area contributed by atoms with E-state index < -0.39 is 18.4 Å². The quantitative estimate of drug-likeness (QED) is 0.711. The van der Waals surface area contributed by atoms with Gasteiger partial charge in [-0.3, -0.25) is 4.79 Å². The summed E-state index contributed by atoms with van der Waals surface area (Å²) in [6.45, 7) is 6.45. The van der Waals surface area contributed by atoms with E-state index in [0.29, 0.717) is 18.8 Å². The second-order valence-electron chi connectivity index (χ2n) is 6.17. The number of ketones is 1. The smallest absolute Gasteiger partial charge is 0.299 e. The predicted molar refractivity (Wildman–Crippen MR) is 60.6 cm³/mol. The zero-order valence-electron chi connectivity index (χ0n) is 10.7. The van der Waals surface area contributed by atoms with Crippen LogP contribution < -0.4 is 0 Å². The molecule has 0 radical (unpaired) electrons. The molecule has 1 rings (SSSR count). The first kappa shape index (κ1) is 14.5. The molecule has 0 heterocycles. The standard InChI is InChI=1S/C13H21F3O/c1-12(2,3)10-6-4-9(5-7-10)11(17)8-13(14,15)16/h9-10H,4-8H2,1-3H3. The molecule has 0 N–H and O–H groups in total. The highest BCUT2D eigenvalue weighted by Gasteiger charge is 2.37.